The summed E-state index contributed by atoms with van der Waals surface area (Å²) in [6, 6.07) is 15.3. The maximum Gasteiger partial charge on any atom is 0.239 e. The number of anilines is 1. The number of phenolic OH excluding ortho intramolecular Hbond substituents is 1. The molecule has 3 rings (SSSR count). The Balaban J connectivity index is 1.60. The standard InChI is InChI=1S/C19H22N2O2/c22-17-10-8-15(9-11-17)13-20-19(23)14-21-12-4-3-6-16-5-1-2-7-18(16)21/h1-2,5,7-11,22H,3-4,6,12-14H2,(H,20,23). The van der Waals surface area contributed by atoms with Gasteiger partial charge in [0, 0.05) is 18.8 Å². The number of para-hydroxylation sites is 1. The lowest BCUT2D eigenvalue weighted by Gasteiger charge is -2.24. The molecule has 0 spiro atoms. The third-order valence-electron chi connectivity index (χ3n) is 4.22. The van der Waals surface area contributed by atoms with Crippen LogP contribution in [0.5, 0.6) is 5.75 Å². The number of phenols is 1. The number of hydrogen-bond donors (Lipinski definition) is 2. The molecule has 2 N–H and O–H groups in total. The highest BCUT2D eigenvalue weighted by Gasteiger charge is 2.17. The van der Waals surface area contributed by atoms with Crippen molar-refractivity contribution >= 4 is 11.6 Å². The number of amides is 1. The Morgan fingerprint density at radius 3 is 2.70 bits per heavy atom. The van der Waals surface area contributed by atoms with Gasteiger partial charge in [-0.2, -0.15) is 0 Å². The van der Waals surface area contributed by atoms with Gasteiger partial charge in [0.1, 0.15) is 5.75 Å². The molecule has 0 unspecified atom stereocenters. The van der Waals surface area contributed by atoms with Gasteiger partial charge >= 0.3 is 0 Å². The predicted octanol–water partition coefficient (Wildman–Crippen LogP) is 2.85. The molecule has 1 amide bonds. The van der Waals surface area contributed by atoms with Crippen LogP contribution in [-0.2, 0) is 17.8 Å². The SMILES string of the molecule is O=C(CN1CCCCc2ccccc21)NCc1ccc(O)cc1. The van der Waals surface area contributed by atoms with E-state index in [9.17, 15) is 9.90 Å². The van der Waals surface area contributed by atoms with Crippen molar-refractivity contribution in [2.75, 3.05) is 18.0 Å². The van der Waals surface area contributed by atoms with Crippen LogP contribution in [0.25, 0.3) is 0 Å². The molecule has 1 aliphatic rings. The van der Waals surface area contributed by atoms with Crippen LogP contribution in [0.3, 0.4) is 0 Å². The van der Waals surface area contributed by atoms with E-state index in [-0.39, 0.29) is 11.7 Å². The topological polar surface area (TPSA) is 52.6 Å². The van der Waals surface area contributed by atoms with Gasteiger partial charge in [-0.1, -0.05) is 30.3 Å². The van der Waals surface area contributed by atoms with Gasteiger partial charge in [-0.25, -0.2) is 0 Å². The summed E-state index contributed by atoms with van der Waals surface area (Å²) in [7, 11) is 0. The maximum atomic E-state index is 12.3. The molecule has 2 aromatic rings. The molecule has 1 aliphatic heterocycles. The molecule has 23 heavy (non-hydrogen) atoms. The molecule has 0 radical (unpaired) electrons. The second-order valence-corrected chi connectivity index (χ2v) is 5.95. The average Bonchev–Trinajstić information content (AvgIpc) is 2.77. The fourth-order valence-electron chi connectivity index (χ4n) is 2.98. The van der Waals surface area contributed by atoms with E-state index in [1.54, 1.807) is 12.1 Å². The molecule has 2 aromatic carbocycles. The van der Waals surface area contributed by atoms with E-state index in [1.807, 2.05) is 18.2 Å². The summed E-state index contributed by atoms with van der Waals surface area (Å²) in [5.74, 6) is 0.260. The summed E-state index contributed by atoms with van der Waals surface area (Å²) in [6.07, 6.45) is 3.37. The van der Waals surface area contributed by atoms with E-state index in [0.29, 0.717) is 13.1 Å². The van der Waals surface area contributed by atoms with Crippen molar-refractivity contribution in [1.29, 1.82) is 0 Å². The first-order valence-corrected chi connectivity index (χ1v) is 8.10. The number of nitrogens with zero attached hydrogens (tertiary/aromatic N) is 1. The zero-order valence-corrected chi connectivity index (χ0v) is 13.2. The van der Waals surface area contributed by atoms with Crippen LogP contribution >= 0.6 is 0 Å². The number of benzene rings is 2. The van der Waals surface area contributed by atoms with Crippen molar-refractivity contribution in [3.8, 4) is 5.75 Å². The quantitative estimate of drug-likeness (QED) is 0.913. The zero-order valence-electron chi connectivity index (χ0n) is 13.2. The molecular formula is C19H22N2O2. The van der Waals surface area contributed by atoms with Crippen molar-refractivity contribution < 1.29 is 9.90 Å². The van der Waals surface area contributed by atoms with Crippen LogP contribution in [0.1, 0.15) is 24.0 Å². The van der Waals surface area contributed by atoms with Crippen LogP contribution in [0.4, 0.5) is 5.69 Å². The minimum Gasteiger partial charge on any atom is -0.508 e. The number of carbonyl (C=O) groups excluding carboxylic acids is 1. The van der Waals surface area contributed by atoms with Gasteiger partial charge in [0.2, 0.25) is 5.91 Å². The average molecular weight is 310 g/mol. The minimum absolute atomic E-state index is 0.0229. The van der Waals surface area contributed by atoms with Gasteiger partial charge in [0.05, 0.1) is 6.54 Å². The van der Waals surface area contributed by atoms with Gasteiger partial charge < -0.3 is 15.3 Å². The molecule has 0 aliphatic carbocycles. The highest BCUT2D eigenvalue weighted by molar-refractivity contribution is 5.81. The number of aryl methyl sites for hydroxylation is 1. The summed E-state index contributed by atoms with van der Waals surface area (Å²) < 4.78 is 0. The molecule has 0 fully saturated rings. The van der Waals surface area contributed by atoms with E-state index < -0.39 is 0 Å². The van der Waals surface area contributed by atoms with Crippen molar-refractivity contribution in [1.82, 2.24) is 5.32 Å². The molecule has 0 aromatic heterocycles. The first kappa shape index (κ1) is 15.4. The molecule has 1 heterocycles. The monoisotopic (exact) mass is 310 g/mol. The van der Waals surface area contributed by atoms with Crippen molar-refractivity contribution in [3.63, 3.8) is 0 Å². The fourth-order valence-corrected chi connectivity index (χ4v) is 2.98. The molecule has 4 nitrogen and oxygen atoms in total. The van der Waals surface area contributed by atoms with E-state index in [2.05, 4.69) is 28.4 Å². The molecule has 0 saturated carbocycles. The van der Waals surface area contributed by atoms with Crippen LogP contribution in [0, 0.1) is 0 Å². The van der Waals surface area contributed by atoms with E-state index in [1.165, 1.54) is 17.7 Å². The van der Waals surface area contributed by atoms with Crippen molar-refractivity contribution in [2.45, 2.75) is 25.8 Å². The Bertz CT molecular complexity index is 667. The maximum absolute atomic E-state index is 12.3. The van der Waals surface area contributed by atoms with Crippen molar-refractivity contribution in [3.05, 3.63) is 59.7 Å². The van der Waals surface area contributed by atoms with E-state index >= 15 is 0 Å². The molecule has 120 valence electrons. The second kappa shape index (κ2) is 7.18. The van der Waals surface area contributed by atoms with Crippen LogP contribution < -0.4 is 10.2 Å². The normalized spacial score (nSPS) is 14.0. The van der Waals surface area contributed by atoms with Gasteiger partial charge in [-0.05, 0) is 48.6 Å². The Morgan fingerprint density at radius 2 is 1.87 bits per heavy atom. The number of hydrogen-bond acceptors (Lipinski definition) is 3. The van der Waals surface area contributed by atoms with E-state index in [4.69, 9.17) is 0 Å². The number of rotatable bonds is 4. The smallest absolute Gasteiger partial charge is 0.239 e. The summed E-state index contributed by atoms with van der Waals surface area (Å²) in [5.41, 5.74) is 3.49. The first-order chi connectivity index (χ1) is 11.2. The van der Waals surface area contributed by atoms with Gasteiger partial charge in [0.25, 0.3) is 0 Å². The Kier molecular flexibility index (Phi) is 4.81. The number of aromatic hydroxyl groups is 1. The zero-order chi connectivity index (χ0) is 16.1. The lowest BCUT2D eigenvalue weighted by molar-refractivity contribution is -0.119. The van der Waals surface area contributed by atoms with Crippen LogP contribution in [0.2, 0.25) is 0 Å². The molecule has 4 heteroatoms. The third kappa shape index (κ3) is 4.03. The largest absolute Gasteiger partial charge is 0.508 e. The number of fused-ring (bicyclic) bond motifs is 1. The van der Waals surface area contributed by atoms with Gasteiger partial charge in [-0.3, -0.25) is 4.79 Å². The third-order valence-corrected chi connectivity index (χ3v) is 4.22. The lowest BCUT2D eigenvalue weighted by atomic mass is 10.1. The molecule has 0 bridgehead atoms. The van der Waals surface area contributed by atoms with Gasteiger partial charge in [-0.15, -0.1) is 0 Å². The summed E-state index contributed by atoms with van der Waals surface area (Å²) >= 11 is 0. The number of nitrogens with one attached hydrogen (secondary N) is 1. The molecular weight excluding hydrogens is 288 g/mol. The van der Waals surface area contributed by atoms with Crippen molar-refractivity contribution in [2.24, 2.45) is 0 Å². The van der Waals surface area contributed by atoms with Gasteiger partial charge in [0.15, 0.2) is 0 Å². The summed E-state index contributed by atoms with van der Waals surface area (Å²) in [4.78, 5) is 14.4. The summed E-state index contributed by atoms with van der Waals surface area (Å²) in [6.45, 7) is 1.79. The first-order valence-electron chi connectivity index (χ1n) is 8.10. The molecule has 0 atom stereocenters. The predicted molar refractivity (Wildman–Crippen MR) is 91.5 cm³/mol. The van der Waals surface area contributed by atoms with E-state index in [0.717, 1.165) is 24.9 Å². The summed E-state index contributed by atoms with van der Waals surface area (Å²) in [5, 5.41) is 12.2. The number of carbonyl (C=O) groups is 1. The molecule has 0 saturated heterocycles. The highest BCUT2D eigenvalue weighted by atomic mass is 16.3. The highest BCUT2D eigenvalue weighted by Crippen LogP contribution is 2.25. The minimum atomic E-state index is 0.0229. The Morgan fingerprint density at radius 1 is 1.09 bits per heavy atom. The Hall–Kier alpha value is -2.49. The lowest BCUT2D eigenvalue weighted by Crippen LogP contribution is -2.37. The second-order valence-electron chi connectivity index (χ2n) is 5.95. The Labute approximate surface area is 136 Å². The van der Waals surface area contributed by atoms with Crippen LogP contribution in [0.15, 0.2) is 48.5 Å². The van der Waals surface area contributed by atoms with Crippen LogP contribution in [-0.4, -0.2) is 24.1 Å². The fraction of sp³-hybridized carbons (Fsp3) is 0.316.